The molecule has 0 spiro atoms. The maximum absolute atomic E-state index is 4.02. The lowest BCUT2D eigenvalue weighted by molar-refractivity contribution is 0.521. The van der Waals surface area contributed by atoms with Crippen molar-refractivity contribution in [3.05, 3.63) is 165 Å². The highest BCUT2D eigenvalue weighted by Gasteiger charge is 1.98. The van der Waals surface area contributed by atoms with E-state index in [1.807, 2.05) is 6.08 Å². The van der Waals surface area contributed by atoms with Gasteiger partial charge in [-0.25, -0.2) is 0 Å². The molecular weight excluding hydrogens is 901 g/mol. The number of allylic oxidation sites excluding steroid dienone is 26. The predicted molar refractivity (Wildman–Crippen MR) is 355 cm³/mol. The van der Waals surface area contributed by atoms with E-state index in [0.29, 0.717) is 5.92 Å². The van der Waals surface area contributed by atoms with Crippen molar-refractivity contribution in [2.24, 2.45) is 11.8 Å². The lowest BCUT2D eigenvalue weighted by Gasteiger charge is -2.05. The second kappa shape index (κ2) is 58.1. The second-order valence-corrected chi connectivity index (χ2v) is 23.2. The zero-order valence-corrected chi connectivity index (χ0v) is 55.1. The average Bonchev–Trinajstić information content (AvgIpc) is 3.33. The molecule has 0 rings (SSSR count). The van der Waals surface area contributed by atoms with Gasteiger partial charge in [-0.15, -0.1) is 6.58 Å². The third-order valence-electron chi connectivity index (χ3n) is 13.4. The molecule has 0 nitrogen and oxygen atoms in total. The molecule has 2 unspecified atom stereocenters. The minimum atomic E-state index is 0.645. The Bertz CT molecular complexity index is 1720. The first-order chi connectivity index (χ1) is 35.3. The highest BCUT2D eigenvalue weighted by molar-refractivity contribution is 5.08. The molecule has 0 saturated heterocycles. The normalized spacial score (nSPS) is 12.9. The van der Waals surface area contributed by atoms with Crippen LogP contribution in [0, 0.1) is 11.8 Å². The van der Waals surface area contributed by atoms with Crippen molar-refractivity contribution in [1.82, 2.24) is 0 Å². The van der Waals surface area contributed by atoms with E-state index in [9.17, 15) is 0 Å². The van der Waals surface area contributed by atoms with E-state index >= 15 is 0 Å². The Morgan fingerprint density at radius 3 is 0.813 bits per heavy atom. The van der Waals surface area contributed by atoms with Gasteiger partial charge in [-0.1, -0.05) is 192 Å². The zero-order valence-electron chi connectivity index (χ0n) is 55.1. The summed E-state index contributed by atoms with van der Waals surface area (Å²) >= 11 is 0. The number of hydrogen-bond acceptors (Lipinski definition) is 0. The number of rotatable bonds is 33. The van der Waals surface area contributed by atoms with Crippen LogP contribution in [0.3, 0.4) is 0 Å². The maximum Gasteiger partial charge on any atom is -0.0262 e. The Morgan fingerprint density at radius 2 is 0.573 bits per heavy atom. The third kappa shape index (κ3) is 74.7. The molecule has 75 heavy (non-hydrogen) atoms. The summed E-state index contributed by atoms with van der Waals surface area (Å²) in [5.74, 6) is 1.53. The molecule has 0 heteroatoms. The Morgan fingerprint density at radius 1 is 0.333 bits per heavy atom. The van der Waals surface area contributed by atoms with E-state index in [0.717, 1.165) is 25.2 Å². The largest absolute Gasteiger partial charge is 0.103 e. The predicted octanol–water partition coefficient (Wildman–Crippen LogP) is 27.1. The Labute approximate surface area is 474 Å². The summed E-state index contributed by atoms with van der Waals surface area (Å²) in [6.45, 7) is 58.3. The van der Waals surface area contributed by atoms with Gasteiger partial charge in [0.05, 0.1) is 0 Å². The molecule has 0 radical (unpaired) electrons. The molecule has 0 aliphatic rings. The van der Waals surface area contributed by atoms with Gasteiger partial charge < -0.3 is 0 Å². The van der Waals surface area contributed by atoms with Gasteiger partial charge in [0, 0.05) is 0 Å². The summed E-state index contributed by atoms with van der Waals surface area (Å²) in [4.78, 5) is 0. The van der Waals surface area contributed by atoms with Crippen LogP contribution >= 0.6 is 0 Å². The molecule has 0 aliphatic heterocycles. The van der Waals surface area contributed by atoms with Crippen LogP contribution in [0.2, 0.25) is 0 Å². The minimum Gasteiger partial charge on any atom is -0.103 e. The molecule has 2 atom stereocenters. The first-order valence-corrected chi connectivity index (χ1v) is 30.3. The highest BCUT2D eigenvalue weighted by atomic mass is 14.0. The van der Waals surface area contributed by atoms with Gasteiger partial charge >= 0.3 is 0 Å². The molecule has 0 heterocycles. The summed E-state index contributed by atoms with van der Waals surface area (Å²) < 4.78 is 0. The van der Waals surface area contributed by atoms with Crippen LogP contribution in [0.1, 0.15) is 301 Å². The minimum absolute atomic E-state index is 0.645. The Hall–Kier alpha value is -3.64. The van der Waals surface area contributed by atoms with Gasteiger partial charge in [0.15, 0.2) is 0 Å². The molecule has 0 N–H and O–H groups in total. The van der Waals surface area contributed by atoms with Crippen molar-refractivity contribution in [2.45, 2.75) is 301 Å². The smallest absolute Gasteiger partial charge is 0.0262 e. The Kier molecular flexibility index (Phi) is 62.1. The molecule has 0 aromatic rings. The topological polar surface area (TPSA) is 0 Å². The van der Waals surface area contributed by atoms with Gasteiger partial charge in [0.1, 0.15) is 0 Å². The molecule has 432 valence electrons. The van der Waals surface area contributed by atoms with E-state index in [1.54, 1.807) is 5.57 Å². The van der Waals surface area contributed by atoms with Crippen LogP contribution in [-0.4, -0.2) is 0 Å². The first kappa shape index (κ1) is 80.2. The van der Waals surface area contributed by atoms with E-state index in [1.165, 1.54) is 189 Å². The quantitative estimate of drug-likeness (QED) is 0.0575. The fraction of sp³-hybridized carbons (Fsp3) is 0.627. The molecular formula is C75H132. The fourth-order valence-electron chi connectivity index (χ4n) is 7.06. The van der Waals surface area contributed by atoms with Gasteiger partial charge in [0.25, 0.3) is 0 Å². The fourth-order valence-corrected chi connectivity index (χ4v) is 7.06. The van der Waals surface area contributed by atoms with Gasteiger partial charge in [-0.2, -0.15) is 0 Å². The van der Waals surface area contributed by atoms with Crippen LogP contribution in [0.5, 0.6) is 0 Å². The van der Waals surface area contributed by atoms with Gasteiger partial charge in [-0.05, 0) is 278 Å². The van der Waals surface area contributed by atoms with E-state index in [2.05, 4.69) is 245 Å². The van der Waals surface area contributed by atoms with Crippen molar-refractivity contribution in [2.75, 3.05) is 0 Å². The van der Waals surface area contributed by atoms with E-state index in [-0.39, 0.29) is 0 Å². The molecule has 0 aromatic carbocycles. The zero-order chi connectivity index (χ0) is 58.4. The standard InChI is InChI=1S/C15H28.4C15H26/c5*1-6-14(4)10-8-12-15(5)11-7-9-13(2)3/h9,12,14H,6-8,10-11H2,1-5H3;2*6,9,12H,7-8,10-11H2,1-5H3;9,12H,4,6-8,10-11H2,1-3,5H3;6,9,12,14H,1,7-8,10-11H2,2-5H3/b15-12+;14-6+,15-12+;14-6-,15-12+;2*15-12+. The van der Waals surface area contributed by atoms with Crippen LogP contribution in [-0.2, 0) is 0 Å². The molecule has 0 amide bonds. The van der Waals surface area contributed by atoms with Crippen LogP contribution in [0.4, 0.5) is 0 Å². The van der Waals surface area contributed by atoms with Crippen LogP contribution in [0.25, 0.3) is 0 Å². The molecule has 0 aromatic heterocycles. The van der Waals surface area contributed by atoms with Crippen molar-refractivity contribution in [1.29, 1.82) is 0 Å². The van der Waals surface area contributed by atoms with Crippen molar-refractivity contribution < 1.29 is 0 Å². The summed E-state index contributed by atoms with van der Waals surface area (Å²) in [5, 5.41) is 0. The second-order valence-electron chi connectivity index (χ2n) is 23.2. The summed E-state index contributed by atoms with van der Waals surface area (Å²) in [5.41, 5.74) is 19.1. The lowest BCUT2D eigenvalue weighted by Crippen LogP contribution is -1.90. The highest BCUT2D eigenvalue weighted by Crippen LogP contribution is 2.16. The summed E-state index contributed by atoms with van der Waals surface area (Å²) in [7, 11) is 0. The van der Waals surface area contributed by atoms with Crippen LogP contribution in [0.15, 0.2) is 165 Å². The van der Waals surface area contributed by atoms with Crippen molar-refractivity contribution in [3.8, 4) is 0 Å². The van der Waals surface area contributed by atoms with Crippen molar-refractivity contribution in [3.63, 3.8) is 0 Å². The van der Waals surface area contributed by atoms with Gasteiger partial charge in [-0.3, -0.25) is 0 Å². The SMILES string of the molecule is C/C=C(/C)CC/C=C(\C)CCC=C(C)C.C/C=C(\C)CC/C=C(\C)CCC=C(C)C.C=C(CC)CC/C=C(\C)CCC=C(C)C.C=CC(C)CC/C=C(\C)CCC=C(C)C.CCC(C)CC/C=C(\C)CCC=C(C)C. The first-order valence-electron chi connectivity index (χ1n) is 30.3. The molecule has 0 aliphatic carbocycles. The molecule has 0 saturated carbocycles. The average molecular weight is 1030 g/mol. The van der Waals surface area contributed by atoms with Crippen LogP contribution < -0.4 is 0 Å². The summed E-state index contributed by atoms with van der Waals surface area (Å²) in [6, 6.07) is 0. The Balaban J connectivity index is -0.000000272. The van der Waals surface area contributed by atoms with Gasteiger partial charge in [0.2, 0.25) is 0 Å². The molecule has 0 fully saturated rings. The third-order valence-corrected chi connectivity index (χ3v) is 13.4. The van der Waals surface area contributed by atoms with E-state index < -0.39 is 0 Å². The van der Waals surface area contributed by atoms with E-state index in [4.69, 9.17) is 0 Å². The monoisotopic (exact) mass is 1030 g/mol. The van der Waals surface area contributed by atoms with Crippen molar-refractivity contribution >= 4 is 0 Å². The molecule has 0 bridgehead atoms. The number of hydrogen-bond donors (Lipinski definition) is 0. The lowest BCUT2D eigenvalue weighted by atomic mass is 10.0. The summed E-state index contributed by atoms with van der Waals surface area (Å²) in [6.07, 6.45) is 56.5. The maximum atomic E-state index is 4.02.